The van der Waals surface area contributed by atoms with E-state index in [2.05, 4.69) is 15.0 Å². The quantitative estimate of drug-likeness (QED) is 0.886. The Bertz CT molecular complexity index is 677. The van der Waals surface area contributed by atoms with Gasteiger partial charge in [-0.2, -0.15) is 0 Å². The molecule has 0 aliphatic carbocycles. The Hall–Kier alpha value is -1.18. The molecule has 2 aromatic heterocycles. The maximum atomic E-state index is 11.3. The van der Waals surface area contributed by atoms with Gasteiger partial charge in [-0.1, -0.05) is 0 Å². The number of pyridine rings is 1. The zero-order chi connectivity index (χ0) is 14.1. The number of sulfonamides is 1. The number of anilines is 1. The van der Waals surface area contributed by atoms with Crippen LogP contribution in [0.25, 0.3) is 10.2 Å². The highest BCUT2D eigenvalue weighted by Crippen LogP contribution is 2.27. The number of hydrogen-bond donors (Lipinski definition) is 2. The number of nitrogens with one attached hydrogen (secondary N) is 2. The molecule has 0 unspecified atom stereocenters. The molecule has 0 spiro atoms. The monoisotopic (exact) mass is 299 g/mol. The summed E-state index contributed by atoms with van der Waals surface area (Å²) >= 11 is 1.61. The first-order chi connectivity index (χ1) is 8.77. The smallest absolute Gasteiger partial charge is 0.209 e. The summed E-state index contributed by atoms with van der Waals surface area (Å²) in [6, 6.07) is 3.86. The van der Waals surface area contributed by atoms with Gasteiger partial charge in [0.2, 0.25) is 10.0 Å². The number of thiophene rings is 1. The van der Waals surface area contributed by atoms with E-state index in [0.29, 0.717) is 6.54 Å². The topological polar surface area (TPSA) is 71.1 Å². The second kappa shape index (κ2) is 5.07. The Morgan fingerprint density at radius 2 is 2.11 bits per heavy atom. The summed E-state index contributed by atoms with van der Waals surface area (Å²) in [5.41, 5.74) is 1.37. The number of hydrogen-bond acceptors (Lipinski definition) is 5. The van der Waals surface area contributed by atoms with Gasteiger partial charge in [0.1, 0.15) is 0 Å². The van der Waals surface area contributed by atoms with Crippen LogP contribution >= 0.6 is 11.3 Å². The summed E-state index contributed by atoms with van der Waals surface area (Å²) in [5, 5.41) is 5.27. The molecule has 0 saturated heterocycles. The van der Waals surface area contributed by atoms with Crippen molar-refractivity contribution in [2.24, 2.45) is 0 Å². The van der Waals surface area contributed by atoms with Crippen LogP contribution in [0.4, 0.5) is 5.69 Å². The summed E-state index contributed by atoms with van der Waals surface area (Å²) in [5.74, 6) is 0. The van der Waals surface area contributed by atoms with Crippen molar-refractivity contribution in [2.75, 3.05) is 18.1 Å². The molecule has 0 saturated carbocycles. The van der Waals surface area contributed by atoms with Gasteiger partial charge >= 0.3 is 0 Å². The van der Waals surface area contributed by atoms with E-state index in [1.807, 2.05) is 31.4 Å². The Balaban J connectivity index is 2.12. The standard InChI is InChI=1S/C12H17N3O2S2/c1-12(2,15-19(3,16)17)8-14-9-4-6-13-10-5-7-18-11(9)10/h4-7,15H,8H2,1-3H3,(H,13,14). The third-order valence-corrected chi connectivity index (χ3v) is 4.39. The van der Waals surface area contributed by atoms with Crippen molar-refractivity contribution in [3.8, 4) is 0 Å². The van der Waals surface area contributed by atoms with Crippen LogP contribution in [0.3, 0.4) is 0 Å². The summed E-state index contributed by atoms with van der Waals surface area (Å²) in [7, 11) is -3.22. The van der Waals surface area contributed by atoms with Gasteiger partial charge in [0.25, 0.3) is 0 Å². The summed E-state index contributed by atoms with van der Waals surface area (Å²) in [6.07, 6.45) is 2.91. The van der Waals surface area contributed by atoms with Crippen molar-refractivity contribution in [1.82, 2.24) is 9.71 Å². The summed E-state index contributed by atoms with van der Waals surface area (Å²) < 4.78 is 26.3. The van der Waals surface area contributed by atoms with Gasteiger partial charge in [0.15, 0.2) is 0 Å². The van der Waals surface area contributed by atoms with Crippen LogP contribution < -0.4 is 10.0 Å². The first kappa shape index (κ1) is 14.2. The number of nitrogens with zero attached hydrogens (tertiary/aromatic N) is 1. The molecule has 0 aliphatic heterocycles. The van der Waals surface area contributed by atoms with Crippen LogP contribution in [0.5, 0.6) is 0 Å². The molecule has 0 radical (unpaired) electrons. The SMILES string of the molecule is CC(C)(CNc1ccnc2ccsc12)NS(C)(=O)=O. The third-order valence-electron chi connectivity index (χ3n) is 2.53. The Morgan fingerprint density at radius 1 is 1.37 bits per heavy atom. The predicted molar refractivity (Wildman–Crippen MR) is 80.2 cm³/mol. The maximum Gasteiger partial charge on any atom is 0.209 e. The molecule has 2 N–H and O–H groups in total. The van der Waals surface area contributed by atoms with Crippen molar-refractivity contribution in [1.29, 1.82) is 0 Å². The zero-order valence-corrected chi connectivity index (χ0v) is 12.7. The van der Waals surface area contributed by atoms with Gasteiger partial charge in [-0.05, 0) is 31.4 Å². The average Bonchev–Trinajstić information content (AvgIpc) is 2.71. The highest BCUT2D eigenvalue weighted by molar-refractivity contribution is 7.88. The maximum absolute atomic E-state index is 11.3. The molecule has 0 fully saturated rings. The lowest BCUT2D eigenvalue weighted by atomic mass is 10.1. The molecule has 5 nitrogen and oxygen atoms in total. The molecule has 2 rings (SSSR count). The minimum atomic E-state index is -3.22. The van der Waals surface area contributed by atoms with Crippen LogP contribution in [0.2, 0.25) is 0 Å². The molecule has 104 valence electrons. The van der Waals surface area contributed by atoms with E-state index in [0.717, 1.165) is 15.9 Å². The average molecular weight is 299 g/mol. The third kappa shape index (κ3) is 3.89. The van der Waals surface area contributed by atoms with E-state index in [9.17, 15) is 8.42 Å². The minimum absolute atomic E-state index is 0.497. The van der Waals surface area contributed by atoms with E-state index in [1.165, 1.54) is 6.26 Å². The predicted octanol–water partition coefficient (Wildman–Crippen LogP) is 2.04. The van der Waals surface area contributed by atoms with Crippen LogP contribution in [-0.2, 0) is 10.0 Å². The molecule has 0 amide bonds. The Kier molecular flexibility index (Phi) is 3.80. The highest BCUT2D eigenvalue weighted by atomic mass is 32.2. The Morgan fingerprint density at radius 3 is 2.79 bits per heavy atom. The van der Waals surface area contributed by atoms with Gasteiger partial charge in [-0.25, -0.2) is 13.1 Å². The molecular formula is C12H17N3O2S2. The first-order valence-electron chi connectivity index (χ1n) is 5.82. The molecule has 0 atom stereocenters. The molecular weight excluding hydrogens is 282 g/mol. The normalized spacial score (nSPS) is 12.8. The lowest BCUT2D eigenvalue weighted by Crippen LogP contribution is -2.47. The van der Waals surface area contributed by atoms with Crippen LogP contribution in [0.1, 0.15) is 13.8 Å². The molecule has 2 aromatic rings. The fraction of sp³-hybridized carbons (Fsp3) is 0.417. The number of rotatable bonds is 5. The molecule has 19 heavy (non-hydrogen) atoms. The van der Waals surface area contributed by atoms with Gasteiger partial charge in [0.05, 0.1) is 22.2 Å². The van der Waals surface area contributed by atoms with Crippen LogP contribution in [0.15, 0.2) is 23.7 Å². The van der Waals surface area contributed by atoms with Gasteiger partial charge in [-0.3, -0.25) is 4.98 Å². The van der Waals surface area contributed by atoms with E-state index in [4.69, 9.17) is 0 Å². The van der Waals surface area contributed by atoms with Gasteiger partial charge < -0.3 is 5.32 Å². The summed E-state index contributed by atoms with van der Waals surface area (Å²) in [4.78, 5) is 4.26. The van der Waals surface area contributed by atoms with Gasteiger partial charge in [0, 0.05) is 18.3 Å². The van der Waals surface area contributed by atoms with E-state index < -0.39 is 15.6 Å². The van der Waals surface area contributed by atoms with Crippen molar-refractivity contribution >= 4 is 37.3 Å². The fourth-order valence-corrected chi connectivity index (χ4v) is 3.78. The second-order valence-corrected chi connectivity index (χ2v) is 7.77. The minimum Gasteiger partial charge on any atom is -0.382 e. The lowest BCUT2D eigenvalue weighted by molar-refractivity contribution is 0.476. The highest BCUT2D eigenvalue weighted by Gasteiger charge is 2.22. The first-order valence-corrected chi connectivity index (χ1v) is 8.59. The lowest BCUT2D eigenvalue weighted by Gasteiger charge is -2.25. The Labute approximate surface area is 117 Å². The van der Waals surface area contributed by atoms with Crippen LogP contribution in [0, 0.1) is 0 Å². The van der Waals surface area contributed by atoms with Crippen molar-refractivity contribution in [3.63, 3.8) is 0 Å². The van der Waals surface area contributed by atoms with Gasteiger partial charge in [-0.15, -0.1) is 11.3 Å². The molecule has 0 aromatic carbocycles. The fourth-order valence-electron chi connectivity index (χ4n) is 1.87. The molecule has 2 heterocycles. The summed E-state index contributed by atoms with van der Waals surface area (Å²) in [6.45, 7) is 4.18. The van der Waals surface area contributed by atoms with E-state index >= 15 is 0 Å². The van der Waals surface area contributed by atoms with Crippen molar-refractivity contribution in [2.45, 2.75) is 19.4 Å². The second-order valence-electron chi connectivity index (χ2n) is 5.11. The number of aromatic nitrogens is 1. The van der Waals surface area contributed by atoms with Crippen molar-refractivity contribution < 1.29 is 8.42 Å². The largest absolute Gasteiger partial charge is 0.382 e. The zero-order valence-electron chi connectivity index (χ0n) is 11.1. The molecule has 0 aliphatic rings. The van der Waals surface area contributed by atoms with E-state index in [-0.39, 0.29) is 0 Å². The molecule has 7 heteroatoms. The van der Waals surface area contributed by atoms with Crippen LogP contribution in [-0.4, -0.2) is 31.7 Å². The van der Waals surface area contributed by atoms with E-state index in [1.54, 1.807) is 17.5 Å². The number of fused-ring (bicyclic) bond motifs is 1. The van der Waals surface area contributed by atoms with Crippen molar-refractivity contribution in [3.05, 3.63) is 23.7 Å². The molecule has 0 bridgehead atoms.